The van der Waals surface area contributed by atoms with Gasteiger partial charge >= 0.3 is 6.18 Å². The van der Waals surface area contributed by atoms with E-state index in [9.17, 15) is 13.2 Å². The minimum Gasteiger partial charge on any atom is -0.448 e. The van der Waals surface area contributed by atoms with Crippen molar-refractivity contribution in [1.82, 2.24) is 15.7 Å². The van der Waals surface area contributed by atoms with Crippen molar-refractivity contribution in [3.05, 3.63) is 17.8 Å². The van der Waals surface area contributed by atoms with E-state index >= 15 is 0 Å². The molecule has 0 saturated heterocycles. The molecule has 0 atom stereocenters. The molecule has 0 aromatic carbocycles. The molecule has 1 aromatic heterocycles. The number of nitrogens with one attached hydrogen (secondary N) is 2. The number of halogens is 3. The maximum atomic E-state index is 12.4. The summed E-state index contributed by atoms with van der Waals surface area (Å²) in [6.07, 6.45) is -3.72. The Hall–Kier alpha value is -1.93. The first-order valence-electron chi connectivity index (χ1n) is 5.24. The number of nitrogens with zero attached hydrogens (tertiary/aromatic N) is 2. The van der Waals surface area contributed by atoms with Crippen molar-refractivity contribution in [2.24, 2.45) is 10.8 Å². The van der Waals surface area contributed by atoms with E-state index in [1.807, 2.05) is 6.92 Å². The van der Waals surface area contributed by atoms with Gasteiger partial charge in [-0.05, 0) is 6.92 Å². The molecule has 1 aromatic rings. The van der Waals surface area contributed by atoms with Crippen LogP contribution in [-0.2, 0) is 12.6 Å². The molecule has 0 aliphatic rings. The van der Waals surface area contributed by atoms with Crippen LogP contribution in [-0.4, -0.2) is 24.0 Å². The molecule has 0 radical (unpaired) electrons. The van der Waals surface area contributed by atoms with Crippen LogP contribution in [0.25, 0.3) is 0 Å². The normalized spacial score (nSPS) is 12.6. The number of oxazole rings is 1. The zero-order chi connectivity index (χ0) is 13.6. The fraction of sp³-hybridized carbons (Fsp3) is 0.556. The van der Waals surface area contributed by atoms with Crippen molar-refractivity contribution in [3.8, 4) is 0 Å². The number of hydrazone groups is 1. The van der Waals surface area contributed by atoms with Crippen molar-refractivity contribution in [1.29, 1.82) is 0 Å². The molecule has 0 saturated carbocycles. The lowest BCUT2D eigenvalue weighted by molar-refractivity contribution is -0.141. The number of alkyl halides is 3. The topological polar surface area (TPSA) is 88.5 Å². The molecule has 6 nitrogen and oxygen atoms in total. The molecule has 4 N–H and O–H groups in total. The third-order valence-corrected chi connectivity index (χ3v) is 1.93. The van der Waals surface area contributed by atoms with Crippen LogP contribution >= 0.6 is 0 Å². The molecule has 1 heterocycles. The summed E-state index contributed by atoms with van der Waals surface area (Å²) in [6.45, 7) is 2.61. The zero-order valence-electron chi connectivity index (χ0n) is 9.71. The quantitative estimate of drug-likeness (QED) is 0.315. The highest BCUT2D eigenvalue weighted by molar-refractivity contribution is 5.77. The van der Waals surface area contributed by atoms with Crippen LogP contribution in [0.15, 0.2) is 15.9 Å². The van der Waals surface area contributed by atoms with Crippen LogP contribution in [0, 0.1) is 0 Å². The zero-order valence-corrected chi connectivity index (χ0v) is 9.71. The number of aromatic nitrogens is 1. The number of hydrogen-bond donors (Lipinski definition) is 3. The molecule has 0 fully saturated rings. The number of rotatable bonds is 5. The van der Waals surface area contributed by atoms with Gasteiger partial charge in [0.15, 0.2) is 12.1 Å². The first-order valence-corrected chi connectivity index (χ1v) is 5.24. The average Bonchev–Trinajstić information content (AvgIpc) is 2.72. The second kappa shape index (κ2) is 6.12. The van der Waals surface area contributed by atoms with Crippen LogP contribution in [0.1, 0.15) is 18.4 Å². The minimum absolute atomic E-state index is 0.0117. The lowest BCUT2D eigenvalue weighted by atomic mass is 10.2. The third kappa shape index (κ3) is 4.15. The van der Waals surface area contributed by atoms with E-state index < -0.39 is 11.9 Å². The number of nitrogens with two attached hydrogens (primary N) is 1. The van der Waals surface area contributed by atoms with Crippen LogP contribution < -0.4 is 16.5 Å². The Kier molecular flexibility index (Phi) is 4.81. The van der Waals surface area contributed by atoms with Crippen LogP contribution in [0.5, 0.6) is 0 Å². The molecule has 0 spiro atoms. The van der Waals surface area contributed by atoms with Crippen LogP contribution in [0.4, 0.5) is 13.2 Å². The first-order chi connectivity index (χ1) is 8.45. The summed E-state index contributed by atoms with van der Waals surface area (Å²) in [5.41, 5.74) is 6.93. The summed E-state index contributed by atoms with van der Waals surface area (Å²) in [5.74, 6) is -0.0571. The smallest absolute Gasteiger partial charge is 0.436 e. The van der Waals surface area contributed by atoms with E-state index in [4.69, 9.17) is 5.73 Å². The fourth-order valence-electron chi connectivity index (χ4n) is 1.21. The maximum absolute atomic E-state index is 12.4. The van der Waals surface area contributed by atoms with E-state index in [1.54, 1.807) is 0 Å². The van der Waals surface area contributed by atoms with E-state index in [-0.39, 0.29) is 24.7 Å². The second-order valence-corrected chi connectivity index (χ2v) is 3.31. The van der Waals surface area contributed by atoms with Crippen LogP contribution in [0.3, 0.4) is 0 Å². The Balaban J connectivity index is 2.45. The van der Waals surface area contributed by atoms with Gasteiger partial charge in [-0.3, -0.25) is 0 Å². The summed E-state index contributed by atoms with van der Waals surface area (Å²) >= 11 is 0. The molecule has 9 heteroatoms. The molecule has 18 heavy (non-hydrogen) atoms. The van der Waals surface area contributed by atoms with Gasteiger partial charge in [-0.15, -0.1) is 5.10 Å². The predicted octanol–water partition coefficient (Wildman–Crippen LogP) is 0.665. The first kappa shape index (κ1) is 14.1. The Bertz CT molecular complexity index is 401. The summed E-state index contributed by atoms with van der Waals surface area (Å²) in [6, 6.07) is 0. The number of hydrogen-bond acceptors (Lipinski definition) is 4. The second-order valence-electron chi connectivity index (χ2n) is 3.31. The lowest BCUT2D eigenvalue weighted by Crippen LogP contribution is -2.33. The van der Waals surface area contributed by atoms with E-state index in [2.05, 4.69) is 25.2 Å². The van der Waals surface area contributed by atoms with Crippen molar-refractivity contribution in [2.75, 3.05) is 13.1 Å². The van der Waals surface area contributed by atoms with Crippen molar-refractivity contribution >= 4 is 5.96 Å². The molecular formula is C9H14F3N5O. The summed E-state index contributed by atoms with van der Waals surface area (Å²) in [5, 5.41) is 6.42. The summed E-state index contributed by atoms with van der Waals surface area (Å²) in [7, 11) is 0. The lowest BCUT2D eigenvalue weighted by Gasteiger charge is -2.05. The number of guanidine groups is 1. The Morgan fingerprint density at radius 3 is 2.89 bits per heavy atom. The molecule has 1 rings (SSSR count). The molecular weight excluding hydrogens is 251 g/mol. The van der Waals surface area contributed by atoms with Gasteiger partial charge in [0, 0.05) is 19.5 Å². The Morgan fingerprint density at radius 1 is 1.56 bits per heavy atom. The highest BCUT2D eigenvalue weighted by Gasteiger charge is 2.37. The molecule has 0 aliphatic heterocycles. The molecule has 0 aliphatic carbocycles. The van der Waals surface area contributed by atoms with Crippen molar-refractivity contribution in [2.45, 2.75) is 19.5 Å². The van der Waals surface area contributed by atoms with Gasteiger partial charge in [0.1, 0.15) is 5.76 Å². The van der Waals surface area contributed by atoms with Gasteiger partial charge in [0.2, 0.25) is 5.96 Å². The van der Waals surface area contributed by atoms with Gasteiger partial charge in [-0.2, -0.15) is 13.2 Å². The molecule has 0 bridgehead atoms. The standard InChI is InChI=1S/C9H14F3N5O/c1-2-14-8(13)17-16-4-3-6-7(9(10,11)12)15-5-18-6/h5,16H,2-4H2,1H3,(H3,13,14,17). The van der Waals surface area contributed by atoms with Gasteiger partial charge < -0.3 is 20.9 Å². The van der Waals surface area contributed by atoms with Crippen LogP contribution in [0.2, 0.25) is 0 Å². The Morgan fingerprint density at radius 2 is 2.28 bits per heavy atom. The van der Waals surface area contributed by atoms with E-state index in [1.165, 1.54) is 0 Å². The maximum Gasteiger partial charge on any atom is 0.436 e. The predicted molar refractivity (Wildman–Crippen MR) is 58.5 cm³/mol. The molecule has 0 amide bonds. The summed E-state index contributed by atoms with van der Waals surface area (Å²) < 4.78 is 41.9. The van der Waals surface area contributed by atoms with E-state index in [0.29, 0.717) is 6.54 Å². The summed E-state index contributed by atoms with van der Waals surface area (Å²) in [4.78, 5) is 3.14. The highest BCUT2D eigenvalue weighted by atomic mass is 19.4. The van der Waals surface area contributed by atoms with Crippen molar-refractivity contribution < 1.29 is 17.6 Å². The van der Waals surface area contributed by atoms with Crippen molar-refractivity contribution in [3.63, 3.8) is 0 Å². The van der Waals surface area contributed by atoms with E-state index in [0.717, 1.165) is 6.39 Å². The molecule has 102 valence electrons. The Labute approximate surface area is 101 Å². The van der Waals surface area contributed by atoms with Gasteiger partial charge in [-0.1, -0.05) is 0 Å². The van der Waals surface area contributed by atoms with Gasteiger partial charge in [-0.25, -0.2) is 4.98 Å². The average molecular weight is 265 g/mol. The molecule has 0 unspecified atom stereocenters. The third-order valence-electron chi connectivity index (χ3n) is 1.93. The van der Waals surface area contributed by atoms with Gasteiger partial charge in [0.25, 0.3) is 0 Å². The SMILES string of the molecule is CCNC(N)=NNCCc1ocnc1C(F)(F)F. The minimum atomic E-state index is -4.51. The highest BCUT2D eigenvalue weighted by Crippen LogP contribution is 2.30. The fourth-order valence-corrected chi connectivity index (χ4v) is 1.21. The van der Waals surface area contributed by atoms with Gasteiger partial charge in [0.05, 0.1) is 0 Å². The largest absolute Gasteiger partial charge is 0.448 e. The monoisotopic (exact) mass is 265 g/mol.